The summed E-state index contributed by atoms with van der Waals surface area (Å²) in [4.78, 5) is 10.7. The third kappa shape index (κ3) is 3.89. The van der Waals surface area contributed by atoms with Crippen molar-refractivity contribution in [2.75, 3.05) is 5.33 Å². The van der Waals surface area contributed by atoms with Crippen LogP contribution in [-0.4, -0.2) is 11.1 Å². The highest BCUT2D eigenvalue weighted by Crippen LogP contribution is 2.02. The van der Waals surface area contributed by atoms with E-state index >= 15 is 0 Å². The summed E-state index contributed by atoms with van der Waals surface area (Å²) in [5.74, 6) is 0.381. The SMILES string of the molecule is O=C(CBr)c1ccco1.c1ccsc1. The Bertz CT molecular complexity index is 323. The molecule has 0 saturated carbocycles. The molecule has 0 atom stereocenters. The molecule has 0 saturated heterocycles. The van der Waals surface area contributed by atoms with E-state index in [1.165, 1.54) is 6.26 Å². The Balaban J connectivity index is 0.000000165. The largest absolute Gasteiger partial charge is 0.461 e. The van der Waals surface area contributed by atoms with Gasteiger partial charge in [-0.15, -0.1) is 0 Å². The van der Waals surface area contributed by atoms with Gasteiger partial charge in [0.05, 0.1) is 11.6 Å². The first kappa shape index (κ1) is 11.2. The Morgan fingerprint density at radius 1 is 1.36 bits per heavy atom. The fourth-order valence-electron chi connectivity index (χ4n) is 0.730. The topological polar surface area (TPSA) is 30.2 Å². The van der Waals surface area contributed by atoms with Crippen LogP contribution >= 0.6 is 27.3 Å². The zero-order chi connectivity index (χ0) is 10.2. The van der Waals surface area contributed by atoms with Gasteiger partial charge in [-0.25, -0.2) is 0 Å². The molecule has 0 amide bonds. The molecule has 0 aliphatic rings. The van der Waals surface area contributed by atoms with Gasteiger partial charge in [-0.2, -0.15) is 11.3 Å². The van der Waals surface area contributed by atoms with Crippen LogP contribution in [0.5, 0.6) is 0 Å². The number of ketones is 1. The second-order valence-electron chi connectivity index (χ2n) is 2.33. The first-order valence-electron chi connectivity index (χ1n) is 3.94. The molecule has 14 heavy (non-hydrogen) atoms. The molecule has 2 rings (SSSR count). The van der Waals surface area contributed by atoms with Crippen LogP contribution in [-0.2, 0) is 0 Å². The highest BCUT2D eigenvalue weighted by Gasteiger charge is 2.04. The lowest BCUT2D eigenvalue weighted by molar-refractivity contribution is 0.0993. The molecule has 0 N–H and O–H groups in total. The molecular formula is C10H9BrO2S. The van der Waals surface area contributed by atoms with Gasteiger partial charge in [0.1, 0.15) is 0 Å². The third-order valence-corrected chi connectivity index (χ3v) is 2.48. The van der Waals surface area contributed by atoms with Crippen LogP contribution in [0.1, 0.15) is 10.6 Å². The van der Waals surface area contributed by atoms with Crippen LogP contribution in [0, 0.1) is 0 Å². The van der Waals surface area contributed by atoms with E-state index in [9.17, 15) is 4.79 Å². The zero-order valence-corrected chi connectivity index (χ0v) is 9.75. The van der Waals surface area contributed by atoms with Gasteiger partial charge in [0.15, 0.2) is 5.76 Å². The summed E-state index contributed by atoms with van der Waals surface area (Å²) in [6.07, 6.45) is 1.48. The van der Waals surface area contributed by atoms with Gasteiger partial charge >= 0.3 is 0 Å². The number of carbonyl (C=O) groups excluding carboxylic acids is 1. The van der Waals surface area contributed by atoms with Crippen molar-refractivity contribution in [3.63, 3.8) is 0 Å². The van der Waals surface area contributed by atoms with Crippen molar-refractivity contribution in [3.8, 4) is 0 Å². The van der Waals surface area contributed by atoms with Crippen molar-refractivity contribution in [2.24, 2.45) is 0 Å². The van der Waals surface area contributed by atoms with Crippen molar-refractivity contribution < 1.29 is 9.21 Å². The van der Waals surface area contributed by atoms with Crippen LogP contribution in [0.2, 0.25) is 0 Å². The second-order valence-corrected chi connectivity index (χ2v) is 3.70. The van der Waals surface area contributed by atoms with Crippen LogP contribution in [0.4, 0.5) is 0 Å². The summed E-state index contributed by atoms with van der Waals surface area (Å²) < 4.78 is 4.81. The monoisotopic (exact) mass is 272 g/mol. The van der Waals surface area contributed by atoms with Crippen LogP contribution in [0.3, 0.4) is 0 Å². The highest BCUT2D eigenvalue weighted by molar-refractivity contribution is 9.09. The lowest BCUT2D eigenvalue weighted by Crippen LogP contribution is -1.96. The third-order valence-electron chi connectivity index (χ3n) is 1.34. The van der Waals surface area contributed by atoms with E-state index in [4.69, 9.17) is 4.42 Å². The number of hydrogen-bond donors (Lipinski definition) is 0. The summed E-state index contributed by atoms with van der Waals surface area (Å²) in [5, 5.41) is 4.40. The Morgan fingerprint density at radius 3 is 2.43 bits per heavy atom. The summed E-state index contributed by atoms with van der Waals surface area (Å²) in [6, 6.07) is 7.37. The predicted molar refractivity (Wildman–Crippen MR) is 61.2 cm³/mol. The molecule has 0 aliphatic carbocycles. The molecule has 0 fully saturated rings. The van der Waals surface area contributed by atoms with Crippen LogP contribution in [0.25, 0.3) is 0 Å². The zero-order valence-electron chi connectivity index (χ0n) is 7.35. The number of alkyl halides is 1. The van der Waals surface area contributed by atoms with E-state index in [0.717, 1.165) is 0 Å². The van der Waals surface area contributed by atoms with E-state index in [0.29, 0.717) is 11.1 Å². The lowest BCUT2D eigenvalue weighted by Gasteiger charge is -1.85. The number of thiophene rings is 1. The molecule has 0 unspecified atom stereocenters. The molecule has 0 aromatic carbocycles. The van der Waals surface area contributed by atoms with E-state index < -0.39 is 0 Å². The van der Waals surface area contributed by atoms with Gasteiger partial charge < -0.3 is 4.42 Å². The van der Waals surface area contributed by atoms with Crippen molar-refractivity contribution in [1.29, 1.82) is 0 Å². The van der Waals surface area contributed by atoms with Gasteiger partial charge in [0, 0.05) is 0 Å². The number of furan rings is 1. The summed E-state index contributed by atoms with van der Waals surface area (Å²) in [5.41, 5.74) is 0. The van der Waals surface area contributed by atoms with E-state index in [2.05, 4.69) is 15.9 Å². The Hall–Kier alpha value is -0.870. The van der Waals surface area contributed by atoms with Crippen LogP contribution < -0.4 is 0 Å². The molecule has 2 aromatic heterocycles. The van der Waals surface area contributed by atoms with Crippen LogP contribution in [0.15, 0.2) is 45.7 Å². The Kier molecular flexibility index (Phi) is 5.25. The number of carbonyl (C=O) groups is 1. The van der Waals surface area contributed by atoms with Crippen molar-refractivity contribution in [3.05, 3.63) is 47.0 Å². The minimum atomic E-state index is -0.0278. The Labute approximate surface area is 94.7 Å². The van der Waals surface area contributed by atoms with Gasteiger partial charge in [-0.3, -0.25) is 4.79 Å². The summed E-state index contributed by atoms with van der Waals surface area (Å²) >= 11 is 4.74. The fraction of sp³-hybridized carbons (Fsp3) is 0.100. The number of hydrogen-bond acceptors (Lipinski definition) is 3. The molecule has 0 spiro atoms. The predicted octanol–water partition coefficient (Wildman–Crippen LogP) is 3.61. The minimum Gasteiger partial charge on any atom is -0.461 e. The molecule has 0 bridgehead atoms. The molecule has 4 heteroatoms. The smallest absolute Gasteiger partial charge is 0.208 e. The molecule has 2 aromatic rings. The number of Topliss-reactive ketones (excluding diaryl/α,β-unsaturated/α-hetero) is 1. The lowest BCUT2D eigenvalue weighted by atomic mass is 10.3. The quantitative estimate of drug-likeness (QED) is 0.618. The maximum absolute atomic E-state index is 10.7. The normalized spacial score (nSPS) is 8.93. The number of rotatable bonds is 2. The van der Waals surface area contributed by atoms with E-state index in [1.807, 2.05) is 22.9 Å². The first-order chi connectivity index (χ1) is 6.84. The molecule has 0 aliphatic heterocycles. The van der Waals surface area contributed by atoms with Gasteiger partial charge in [0.25, 0.3) is 0 Å². The summed E-state index contributed by atoms with van der Waals surface area (Å²) in [7, 11) is 0. The first-order valence-corrected chi connectivity index (χ1v) is 6.01. The minimum absolute atomic E-state index is 0.0278. The maximum Gasteiger partial charge on any atom is 0.208 e. The van der Waals surface area contributed by atoms with Crippen molar-refractivity contribution in [1.82, 2.24) is 0 Å². The fourth-order valence-corrected chi connectivity index (χ4v) is 1.46. The molecular weight excluding hydrogens is 264 g/mol. The number of halogens is 1. The highest BCUT2D eigenvalue weighted by atomic mass is 79.9. The van der Waals surface area contributed by atoms with Crippen molar-refractivity contribution >= 4 is 33.0 Å². The average molecular weight is 273 g/mol. The molecule has 0 radical (unpaired) electrons. The summed E-state index contributed by atoms with van der Waals surface area (Å²) in [6.45, 7) is 0. The molecule has 2 heterocycles. The van der Waals surface area contributed by atoms with Gasteiger partial charge in [-0.1, -0.05) is 28.1 Å². The van der Waals surface area contributed by atoms with Gasteiger partial charge in [0.2, 0.25) is 5.78 Å². The van der Waals surface area contributed by atoms with Crippen molar-refractivity contribution in [2.45, 2.75) is 0 Å². The van der Waals surface area contributed by atoms with E-state index in [1.54, 1.807) is 23.5 Å². The maximum atomic E-state index is 10.7. The molecule has 74 valence electrons. The average Bonchev–Trinajstić information content (AvgIpc) is 2.91. The van der Waals surface area contributed by atoms with Gasteiger partial charge in [-0.05, 0) is 22.9 Å². The Morgan fingerprint density at radius 2 is 2.07 bits per heavy atom. The molecule has 2 nitrogen and oxygen atoms in total. The second kappa shape index (κ2) is 6.56. The standard InChI is InChI=1S/C6H5BrO2.C4H4S/c7-4-5(8)6-2-1-3-9-6;1-2-4-5-3-1/h1-3H,4H2;1-4H. The van der Waals surface area contributed by atoms with E-state index in [-0.39, 0.29) is 5.78 Å².